The third-order valence-electron chi connectivity index (χ3n) is 19.3. The number of hydrogen-bond acceptors (Lipinski definition) is 14. The number of rotatable bonds is 4. The lowest BCUT2D eigenvalue weighted by atomic mass is 9.57. The van der Waals surface area contributed by atoms with Crippen LogP contribution < -0.4 is 4.90 Å². The summed E-state index contributed by atoms with van der Waals surface area (Å²) in [7, 11) is 0. The molecule has 14 nitrogen and oxygen atoms in total. The van der Waals surface area contributed by atoms with Crippen LogP contribution in [0.25, 0.3) is 39.8 Å². The highest BCUT2D eigenvalue weighted by Crippen LogP contribution is 2.68. The smallest absolute Gasteiger partial charge is 0.160 e. The summed E-state index contributed by atoms with van der Waals surface area (Å²) >= 11 is 0. The molecule has 0 spiro atoms. The average Bonchev–Trinajstić information content (AvgIpc) is 3.78. The van der Waals surface area contributed by atoms with Gasteiger partial charge in [-0.2, -0.15) is 0 Å². The number of aliphatic hydroxyl groups is 6. The van der Waals surface area contributed by atoms with Gasteiger partial charge in [-0.05, 0) is 83.7 Å². The number of carbonyl (C=O) groups is 1. The minimum absolute atomic E-state index is 0.119. The van der Waals surface area contributed by atoms with Crippen LogP contribution in [0.15, 0.2) is 84.9 Å². The predicted molar refractivity (Wildman–Crippen MR) is 247 cm³/mol. The van der Waals surface area contributed by atoms with Crippen molar-refractivity contribution in [1.82, 2.24) is 14.9 Å². The quantitative estimate of drug-likeness (QED) is 0.163. The summed E-state index contributed by atoms with van der Waals surface area (Å²) in [6.45, 7) is 5.93. The lowest BCUT2D eigenvalue weighted by molar-refractivity contribution is -0.391. The third-order valence-corrected chi connectivity index (χ3v) is 19.3. The number of ether oxygens (including phenoxy) is 1. The van der Waals surface area contributed by atoms with E-state index in [0.29, 0.717) is 5.82 Å². The molecule has 4 aromatic rings. The second-order valence-electron chi connectivity index (χ2n) is 22.0. The fourth-order valence-corrected chi connectivity index (χ4v) is 16.3. The number of carbonyl (C=O) groups excluding carboxylic acids is 1. The highest BCUT2D eigenvalue weighted by molar-refractivity contribution is 5.87. The fourth-order valence-electron chi connectivity index (χ4n) is 16.3. The summed E-state index contributed by atoms with van der Waals surface area (Å²) < 4.78 is 6.78. The van der Waals surface area contributed by atoms with Crippen molar-refractivity contribution in [3.63, 3.8) is 0 Å². The maximum Gasteiger partial charge on any atom is 0.160 e. The van der Waals surface area contributed by atoms with Gasteiger partial charge in [-0.25, -0.2) is 19.7 Å². The van der Waals surface area contributed by atoms with Gasteiger partial charge < -0.3 is 40.3 Å². The summed E-state index contributed by atoms with van der Waals surface area (Å²) in [5.74, 6) is -4.12. The standard InChI is InChI=1S/C54H58N4O10/c1-21-22(2)43(59)35-33-31-32-34-36(45(35)61)46(62)49(65)51-40(34)58-41(32)52(67-68-53-42(58)50(66-51)23(3)44(60)48(53)64)47(63)39(31)57(38(21)33)28-19-17-27(18-20-28)54-55-30-12-8-7-11-29(30)37(56-54)26-15-13-25(14-16-26)24-9-5-4-6-10-24/h4-7,9-11,13-23,31-36,38-44,46-53,59-60,62-65H,8,12H2,1-3H3. The Morgan fingerprint density at radius 1 is 0.544 bits per heavy atom. The predicted octanol–water partition coefficient (Wildman–Crippen LogP) is 3.29. The Morgan fingerprint density at radius 3 is 1.91 bits per heavy atom. The SMILES string of the molecule is CC1C(C)C2C3C(C(=O)C4C(O)C(O)C5OC6C(C)C(O)C(O)C7OOC8C(O)C(C3C3C4C5N(C67)C83)N2c2ccc(-c3nc4c(c(-c5ccc(-c6ccccc6)cc5)n3)C=CCC4)cc2)C1O. The molecule has 1 aromatic heterocycles. The summed E-state index contributed by atoms with van der Waals surface area (Å²) in [4.78, 5) is 43.1. The van der Waals surface area contributed by atoms with Crippen LogP contribution in [-0.2, 0) is 25.7 Å². The fraction of sp³-hybridized carbons (Fsp3) is 0.537. The lowest BCUT2D eigenvalue weighted by Crippen LogP contribution is -2.77. The molecule has 10 aliphatic rings. The highest BCUT2D eigenvalue weighted by Gasteiger charge is 2.80. The summed E-state index contributed by atoms with van der Waals surface area (Å²) in [6, 6.07) is 24.4. The van der Waals surface area contributed by atoms with Gasteiger partial charge in [0, 0.05) is 52.3 Å². The number of anilines is 1. The van der Waals surface area contributed by atoms with E-state index in [9.17, 15) is 30.6 Å². The molecule has 24 atom stereocenters. The number of ketones is 1. The lowest BCUT2D eigenvalue weighted by Gasteiger charge is -2.59. The van der Waals surface area contributed by atoms with E-state index in [2.05, 4.69) is 77.4 Å². The molecule has 5 heterocycles. The summed E-state index contributed by atoms with van der Waals surface area (Å²) in [5, 5.41) is 72.6. The van der Waals surface area contributed by atoms with E-state index in [1.165, 1.54) is 0 Å². The maximum absolute atomic E-state index is 15.5. The van der Waals surface area contributed by atoms with Crippen molar-refractivity contribution in [1.29, 1.82) is 0 Å². The van der Waals surface area contributed by atoms with E-state index in [4.69, 9.17) is 24.5 Å². The number of fused-ring (bicyclic) bond motifs is 1. The minimum Gasteiger partial charge on any atom is -0.392 e. The topological polar surface area (TPSA) is 198 Å². The molecule has 4 saturated heterocycles. The molecular formula is C54H58N4O10. The Kier molecular flexibility index (Phi) is 9.38. The number of aliphatic hydroxyl groups excluding tert-OH is 6. The molecule has 6 aliphatic carbocycles. The van der Waals surface area contributed by atoms with Gasteiger partial charge >= 0.3 is 0 Å². The normalized spacial score (nSPS) is 46.8. The van der Waals surface area contributed by atoms with E-state index < -0.39 is 115 Å². The number of nitrogens with zero attached hydrogens (tertiary/aromatic N) is 4. The Bertz CT molecular complexity index is 2710. The summed E-state index contributed by atoms with van der Waals surface area (Å²) in [5.41, 5.74) is 7.85. The number of allylic oxidation sites excluding steroid dienone is 1. The maximum atomic E-state index is 15.5. The molecule has 6 N–H and O–H groups in total. The van der Waals surface area contributed by atoms with Gasteiger partial charge in [-0.15, -0.1) is 0 Å². The Balaban J connectivity index is 0.888. The number of Topliss-reactive ketones (excluding diaryl/α,β-unsaturated/α-hetero) is 1. The van der Waals surface area contributed by atoms with E-state index in [1.54, 1.807) is 6.92 Å². The van der Waals surface area contributed by atoms with E-state index >= 15 is 4.79 Å². The number of aromatic nitrogens is 2. The van der Waals surface area contributed by atoms with Crippen LogP contribution in [0.3, 0.4) is 0 Å². The second-order valence-corrected chi connectivity index (χ2v) is 22.0. The monoisotopic (exact) mass is 922 g/mol. The molecule has 68 heavy (non-hydrogen) atoms. The van der Waals surface area contributed by atoms with Crippen molar-refractivity contribution in [2.24, 2.45) is 53.3 Å². The molecule has 14 rings (SSSR count). The van der Waals surface area contributed by atoms with Crippen molar-refractivity contribution in [3.8, 4) is 33.8 Å². The minimum atomic E-state index is -1.46. The molecule has 0 radical (unpaired) electrons. The number of benzene rings is 3. The van der Waals surface area contributed by atoms with Crippen molar-refractivity contribution in [3.05, 3.63) is 96.2 Å². The molecule has 3 aromatic carbocycles. The molecule has 5 saturated carbocycles. The van der Waals surface area contributed by atoms with Gasteiger partial charge in [0.2, 0.25) is 0 Å². The average molecular weight is 923 g/mol. The van der Waals surface area contributed by atoms with Gasteiger partial charge in [0.1, 0.15) is 42.4 Å². The second kappa shape index (κ2) is 15.0. The van der Waals surface area contributed by atoms with Crippen molar-refractivity contribution in [2.75, 3.05) is 4.90 Å². The number of morpholine rings is 1. The van der Waals surface area contributed by atoms with Crippen LogP contribution in [0, 0.1) is 53.3 Å². The van der Waals surface area contributed by atoms with Crippen LogP contribution in [0.1, 0.15) is 38.4 Å². The molecule has 14 heteroatoms. The zero-order valence-corrected chi connectivity index (χ0v) is 38.0. The molecule has 4 aliphatic heterocycles. The third kappa shape index (κ3) is 5.45. The molecule has 0 amide bonds. The first-order chi connectivity index (χ1) is 32.9. The molecule has 0 bridgehead atoms. The summed E-state index contributed by atoms with van der Waals surface area (Å²) in [6.07, 6.45) is -5.29. The van der Waals surface area contributed by atoms with Crippen LogP contribution >= 0.6 is 0 Å². The van der Waals surface area contributed by atoms with E-state index in [-0.39, 0.29) is 35.5 Å². The van der Waals surface area contributed by atoms with Gasteiger partial charge in [0.15, 0.2) is 5.82 Å². The Hall–Kier alpha value is -4.45. The number of aryl methyl sites for hydroxylation is 1. The van der Waals surface area contributed by atoms with Crippen molar-refractivity contribution >= 4 is 17.5 Å². The van der Waals surface area contributed by atoms with E-state index in [0.717, 1.165) is 57.7 Å². The van der Waals surface area contributed by atoms with Crippen LogP contribution in [0.4, 0.5) is 5.69 Å². The van der Waals surface area contributed by atoms with Gasteiger partial charge in [0.25, 0.3) is 0 Å². The molecular weight excluding hydrogens is 865 g/mol. The van der Waals surface area contributed by atoms with E-state index in [1.807, 2.05) is 37.3 Å². The van der Waals surface area contributed by atoms with Crippen LogP contribution in [0.5, 0.6) is 0 Å². The zero-order chi connectivity index (χ0) is 46.3. The first-order valence-electron chi connectivity index (χ1n) is 24.9. The van der Waals surface area contributed by atoms with Crippen molar-refractivity contribution in [2.45, 2.75) is 125 Å². The largest absolute Gasteiger partial charge is 0.392 e. The zero-order valence-electron chi connectivity index (χ0n) is 38.0. The Morgan fingerprint density at radius 2 is 1.16 bits per heavy atom. The van der Waals surface area contributed by atoms with Crippen molar-refractivity contribution < 1.29 is 49.9 Å². The van der Waals surface area contributed by atoms with Crippen LogP contribution in [0.2, 0.25) is 0 Å². The van der Waals surface area contributed by atoms with Gasteiger partial charge in [0.05, 0.1) is 53.8 Å². The van der Waals surface area contributed by atoms with Gasteiger partial charge in [-0.3, -0.25) is 9.69 Å². The van der Waals surface area contributed by atoms with Crippen LogP contribution in [-0.4, -0.2) is 143 Å². The molecule has 354 valence electrons. The molecule has 9 fully saturated rings. The first-order valence-corrected chi connectivity index (χ1v) is 24.9. The number of hydrogen-bond donors (Lipinski definition) is 6. The highest BCUT2D eigenvalue weighted by atomic mass is 17.2. The molecule has 24 unspecified atom stereocenters. The van der Waals surface area contributed by atoms with Gasteiger partial charge in [-0.1, -0.05) is 87.5 Å². The Labute approximate surface area is 394 Å². The first kappa shape index (κ1) is 42.4.